The molecule has 2 aromatic rings. The summed E-state index contributed by atoms with van der Waals surface area (Å²) in [6.07, 6.45) is 4.70. The van der Waals surface area contributed by atoms with E-state index in [1.54, 1.807) is 0 Å². The number of ketones is 1. The molecule has 2 aromatic carbocycles. The Hall–Kier alpha value is -1.86. The molecule has 2 heteroatoms. The first kappa shape index (κ1) is 13.1. The zero-order valence-corrected chi connectivity index (χ0v) is 11.9. The minimum Gasteiger partial charge on any atom is -0.289 e. The van der Waals surface area contributed by atoms with Gasteiger partial charge in [-0.3, -0.25) is 4.79 Å². The summed E-state index contributed by atoms with van der Waals surface area (Å²) in [5, 5.41) is 0.685. The van der Waals surface area contributed by atoms with Crippen LogP contribution in [0.25, 0.3) is 6.08 Å². The second-order valence-electron chi connectivity index (χ2n) is 5.03. The molecule has 0 heterocycles. The molecule has 0 radical (unpaired) electrons. The van der Waals surface area contributed by atoms with Gasteiger partial charge in [-0.25, -0.2) is 0 Å². The number of fused-ring (bicyclic) bond motifs is 1. The monoisotopic (exact) mass is 282 g/mol. The molecule has 0 spiro atoms. The van der Waals surface area contributed by atoms with Crippen molar-refractivity contribution < 1.29 is 4.79 Å². The van der Waals surface area contributed by atoms with Gasteiger partial charge in [-0.1, -0.05) is 54.1 Å². The Kier molecular flexibility index (Phi) is 3.70. The summed E-state index contributed by atoms with van der Waals surface area (Å²) in [6.45, 7) is 0. The van der Waals surface area contributed by atoms with Crippen molar-refractivity contribution in [2.75, 3.05) is 0 Å². The van der Waals surface area contributed by atoms with E-state index in [-0.39, 0.29) is 5.78 Å². The lowest BCUT2D eigenvalue weighted by Gasteiger charge is -2.05. The van der Waals surface area contributed by atoms with Crippen molar-refractivity contribution in [1.82, 2.24) is 0 Å². The predicted octanol–water partition coefficient (Wildman–Crippen LogP) is 4.94. The van der Waals surface area contributed by atoms with Crippen LogP contribution in [0, 0.1) is 0 Å². The maximum absolute atomic E-state index is 12.6. The van der Waals surface area contributed by atoms with Gasteiger partial charge in [0.15, 0.2) is 5.78 Å². The number of halogens is 1. The van der Waals surface area contributed by atoms with Crippen LogP contribution in [0.15, 0.2) is 54.1 Å². The van der Waals surface area contributed by atoms with E-state index in [9.17, 15) is 4.79 Å². The lowest BCUT2D eigenvalue weighted by molar-refractivity contribution is 0.103. The van der Waals surface area contributed by atoms with Gasteiger partial charge in [0.25, 0.3) is 0 Å². The molecule has 100 valence electrons. The molecule has 1 aliphatic carbocycles. The van der Waals surface area contributed by atoms with Crippen molar-refractivity contribution in [3.8, 4) is 0 Å². The second kappa shape index (κ2) is 5.64. The Labute approximate surface area is 123 Å². The van der Waals surface area contributed by atoms with Gasteiger partial charge in [-0.05, 0) is 42.5 Å². The Morgan fingerprint density at radius 3 is 2.55 bits per heavy atom. The van der Waals surface area contributed by atoms with Crippen LogP contribution in [0.1, 0.15) is 34.3 Å². The van der Waals surface area contributed by atoms with E-state index >= 15 is 0 Å². The molecule has 0 saturated heterocycles. The number of rotatable bonds is 1. The van der Waals surface area contributed by atoms with Crippen LogP contribution in [0.3, 0.4) is 0 Å². The first-order chi connectivity index (χ1) is 9.75. The van der Waals surface area contributed by atoms with Crippen molar-refractivity contribution in [3.63, 3.8) is 0 Å². The SMILES string of the molecule is O=C1C(=Cc2ccccc2Cl)CCCc2ccccc21. The number of allylic oxidation sites excluding steroid dienone is 1. The predicted molar refractivity (Wildman–Crippen MR) is 83.1 cm³/mol. The highest BCUT2D eigenvalue weighted by Gasteiger charge is 2.19. The largest absolute Gasteiger partial charge is 0.289 e. The van der Waals surface area contributed by atoms with Crippen molar-refractivity contribution >= 4 is 23.5 Å². The van der Waals surface area contributed by atoms with Gasteiger partial charge in [-0.15, -0.1) is 0 Å². The lowest BCUT2D eigenvalue weighted by atomic mass is 9.98. The van der Waals surface area contributed by atoms with E-state index in [2.05, 4.69) is 0 Å². The Morgan fingerprint density at radius 1 is 0.950 bits per heavy atom. The van der Waals surface area contributed by atoms with E-state index in [1.165, 1.54) is 0 Å². The van der Waals surface area contributed by atoms with Gasteiger partial charge < -0.3 is 0 Å². The van der Waals surface area contributed by atoms with Gasteiger partial charge in [-0.2, -0.15) is 0 Å². The Balaban J connectivity index is 2.03. The van der Waals surface area contributed by atoms with E-state index in [0.717, 1.165) is 41.5 Å². The third kappa shape index (κ3) is 2.54. The summed E-state index contributed by atoms with van der Waals surface area (Å²) in [5.74, 6) is 0.137. The summed E-state index contributed by atoms with van der Waals surface area (Å²) in [4.78, 5) is 12.6. The summed E-state index contributed by atoms with van der Waals surface area (Å²) in [6, 6.07) is 15.5. The summed E-state index contributed by atoms with van der Waals surface area (Å²) >= 11 is 6.18. The average molecular weight is 283 g/mol. The van der Waals surface area contributed by atoms with E-state index in [0.29, 0.717) is 5.02 Å². The van der Waals surface area contributed by atoms with E-state index in [1.807, 2.05) is 54.6 Å². The van der Waals surface area contributed by atoms with Crippen LogP contribution >= 0.6 is 11.6 Å². The molecular formula is C18H15ClO. The Morgan fingerprint density at radius 2 is 1.70 bits per heavy atom. The first-order valence-electron chi connectivity index (χ1n) is 6.83. The minimum atomic E-state index is 0.137. The Bertz CT molecular complexity index is 685. The molecule has 1 aliphatic rings. The maximum Gasteiger partial charge on any atom is 0.189 e. The highest BCUT2D eigenvalue weighted by molar-refractivity contribution is 6.32. The fourth-order valence-electron chi connectivity index (χ4n) is 2.63. The van der Waals surface area contributed by atoms with Gasteiger partial charge in [0.2, 0.25) is 0 Å². The quantitative estimate of drug-likeness (QED) is 0.535. The van der Waals surface area contributed by atoms with Gasteiger partial charge in [0, 0.05) is 16.2 Å². The zero-order chi connectivity index (χ0) is 13.9. The standard InChI is InChI=1S/C18H15ClO/c19-17-11-4-2-7-14(17)12-15-9-5-8-13-6-1-3-10-16(13)18(15)20/h1-4,6-7,10-12H,5,8-9H2. The number of carbonyl (C=O) groups is 1. The first-order valence-corrected chi connectivity index (χ1v) is 7.21. The zero-order valence-electron chi connectivity index (χ0n) is 11.1. The van der Waals surface area contributed by atoms with Crippen LogP contribution in [-0.2, 0) is 6.42 Å². The molecule has 0 amide bonds. The molecule has 0 aliphatic heterocycles. The van der Waals surface area contributed by atoms with Crippen LogP contribution in [-0.4, -0.2) is 5.78 Å². The molecule has 0 fully saturated rings. The highest BCUT2D eigenvalue weighted by atomic mass is 35.5. The van der Waals surface area contributed by atoms with E-state index in [4.69, 9.17) is 11.6 Å². The number of hydrogen-bond acceptors (Lipinski definition) is 1. The van der Waals surface area contributed by atoms with Crippen LogP contribution in [0.5, 0.6) is 0 Å². The van der Waals surface area contributed by atoms with Crippen LogP contribution in [0.2, 0.25) is 5.02 Å². The summed E-state index contributed by atoms with van der Waals surface area (Å²) < 4.78 is 0. The number of benzene rings is 2. The van der Waals surface area contributed by atoms with E-state index < -0.39 is 0 Å². The normalized spacial score (nSPS) is 16.9. The molecule has 0 unspecified atom stereocenters. The topological polar surface area (TPSA) is 17.1 Å². The van der Waals surface area contributed by atoms with Crippen LogP contribution in [0.4, 0.5) is 0 Å². The molecule has 20 heavy (non-hydrogen) atoms. The minimum absolute atomic E-state index is 0.137. The van der Waals surface area contributed by atoms with Crippen molar-refractivity contribution in [2.45, 2.75) is 19.3 Å². The van der Waals surface area contributed by atoms with Gasteiger partial charge in [0.05, 0.1) is 0 Å². The van der Waals surface area contributed by atoms with Crippen molar-refractivity contribution in [1.29, 1.82) is 0 Å². The van der Waals surface area contributed by atoms with Gasteiger partial charge in [0.1, 0.15) is 0 Å². The fraction of sp³-hybridized carbons (Fsp3) is 0.167. The summed E-state index contributed by atoms with van der Waals surface area (Å²) in [5.41, 5.74) is 3.75. The number of carbonyl (C=O) groups excluding carboxylic acids is 1. The molecule has 0 aromatic heterocycles. The third-order valence-corrected chi connectivity index (χ3v) is 4.03. The molecule has 0 N–H and O–H groups in total. The molecule has 0 atom stereocenters. The number of Topliss-reactive ketones (excluding diaryl/α,β-unsaturated/α-hetero) is 1. The molecule has 3 rings (SSSR count). The second-order valence-corrected chi connectivity index (χ2v) is 5.44. The molecule has 0 saturated carbocycles. The smallest absolute Gasteiger partial charge is 0.189 e. The molecular weight excluding hydrogens is 268 g/mol. The lowest BCUT2D eigenvalue weighted by Crippen LogP contribution is -2.03. The maximum atomic E-state index is 12.6. The van der Waals surface area contributed by atoms with Crippen LogP contribution < -0.4 is 0 Å². The molecule has 0 bridgehead atoms. The fourth-order valence-corrected chi connectivity index (χ4v) is 2.82. The molecule has 1 nitrogen and oxygen atoms in total. The summed E-state index contributed by atoms with van der Waals surface area (Å²) in [7, 11) is 0. The van der Waals surface area contributed by atoms with Crippen molar-refractivity contribution in [2.24, 2.45) is 0 Å². The van der Waals surface area contributed by atoms with Crippen molar-refractivity contribution in [3.05, 3.63) is 75.8 Å². The number of hydrogen-bond donors (Lipinski definition) is 0. The highest BCUT2D eigenvalue weighted by Crippen LogP contribution is 2.27. The third-order valence-electron chi connectivity index (χ3n) is 3.68. The average Bonchev–Trinajstić information content (AvgIpc) is 2.62. The van der Waals surface area contributed by atoms with Gasteiger partial charge >= 0.3 is 0 Å². The number of aryl methyl sites for hydroxylation is 1.